The fourth-order valence-electron chi connectivity index (χ4n) is 2.73. The average Bonchev–Trinajstić information content (AvgIpc) is 2.72. The number of nitro groups is 1. The largest absolute Gasteiger partial charge is 0.277 e. The van der Waals surface area contributed by atoms with Gasteiger partial charge in [0, 0.05) is 6.07 Å². The van der Waals surface area contributed by atoms with Crippen LogP contribution in [0, 0.1) is 17.0 Å². The van der Waals surface area contributed by atoms with E-state index in [1.807, 2.05) is 6.92 Å². The quantitative estimate of drug-likeness (QED) is 0.373. The summed E-state index contributed by atoms with van der Waals surface area (Å²) < 4.78 is 24.7. The van der Waals surface area contributed by atoms with Crippen LogP contribution in [0.15, 0.2) is 82.8 Å². The van der Waals surface area contributed by atoms with Crippen LogP contribution in [0.25, 0.3) is 11.1 Å². The van der Waals surface area contributed by atoms with Crippen molar-refractivity contribution in [3.63, 3.8) is 0 Å². The zero-order valence-electron chi connectivity index (χ0n) is 15.9. The van der Waals surface area contributed by atoms with Gasteiger partial charge in [-0.05, 0) is 43.2 Å². The summed E-state index contributed by atoms with van der Waals surface area (Å²) in [7, 11) is -3.76. The van der Waals surface area contributed by atoms with E-state index in [9.17, 15) is 18.5 Å². The van der Waals surface area contributed by atoms with Crippen LogP contribution in [-0.4, -0.2) is 19.1 Å². The number of nitrogens with one attached hydrogen (secondary N) is 1. The summed E-state index contributed by atoms with van der Waals surface area (Å²) in [5.41, 5.74) is 3.35. The molecule has 148 valence electrons. The van der Waals surface area contributed by atoms with Gasteiger partial charge in [0.2, 0.25) is 0 Å². The number of para-hydroxylation sites is 1. The molecule has 29 heavy (non-hydrogen) atoms. The topological polar surface area (TPSA) is 102 Å². The minimum atomic E-state index is -3.76. The maximum absolute atomic E-state index is 12.3. The van der Waals surface area contributed by atoms with E-state index in [4.69, 9.17) is 0 Å². The van der Waals surface area contributed by atoms with E-state index in [0.717, 1.165) is 5.56 Å². The maximum atomic E-state index is 12.3. The Bertz CT molecular complexity index is 1170. The monoisotopic (exact) mass is 409 g/mol. The molecule has 0 atom stereocenters. The SMILES string of the molecule is CC(=NNS(=O)(=O)c1ccc(C)cc1)c1ccc(-c2ccccc2[N+](=O)[O-])cc1. The van der Waals surface area contributed by atoms with Crippen LogP contribution in [0.5, 0.6) is 0 Å². The van der Waals surface area contributed by atoms with Crippen LogP contribution in [0.4, 0.5) is 5.69 Å². The maximum Gasteiger partial charge on any atom is 0.277 e. The zero-order valence-corrected chi connectivity index (χ0v) is 16.7. The van der Waals surface area contributed by atoms with E-state index in [1.54, 1.807) is 61.5 Å². The lowest BCUT2D eigenvalue weighted by atomic mass is 10.0. The molecule has 0 saturated carbocycles. The van der Waals surface area contributed by atoms with Crippen LogP contribution >= 0.6 is 0 Å². The van der Waals surface area contributed by atoms with Crippen molar-refractivity contribution in [2.75, 3.05) is 0 Å². The third-order valence-corrected chi connectivity index (χ3v) is 5.60. The molecule has 0 saturated heterocycles. The Morgan fingerprint density at radius 3 is 2.21 bits per heavy atom. The van der Waals surface area contributed by atoms with E-state index < -0.39 is 14.9 Å². The molecule has 0 amide bonds. The molecular weight excluding hydrogens is 390 g/mol. The Hall–Kier alpha value is -3.52. The molecule has 0 aliphatic carbocycles. The minimum Gasteiger partial charge on any atom is -0.258 e. The zero-order chi connectivity index (χ0) is 21.0. The Morgan fingerprint density at radius 1 is 0.966 bits per heavy atom. The second-order valence-electron chi connectivity index (χ2n) is 6.46. The molecule has 8 heteroatoms. The van der Waals surface area contributed by atoms with Crippen LogP contribution < -0.4 is 4.83 Å². The van der Waals surface area contributed by atoms with Crippen molar-refractivity contribution in [2.45, 2.75) is 18.7 Å². The molecule has 3 aromatic carbocycles. The van der Waals surface area contributed by atoms with Gasteiger partial charge in [0.25, 0.3) is 15.7 Å². The number of benzene rings is 3. The highest BCUT2D eigenvalue weighted by Gasteiger charge is 2.15. The van der Waals surface area contributed by atoms with Gasteiger partial charge in [0.15, 0.2) is 0 Å². The van der Waals surface area contributed by atoms with Crippen LogP contribution in [-0.2, 0) is 10.0 Å². The van der Waals surface area contributed by atoms with Gasteiger partial charge < -0.3 is 0 Å². The molecule has 7 nitrogen and oxygen atoms in total. The number of sulfonamides is 1. The summed E-state index contributed by atoms with van der Waals surface area (Å²) in [4.78, 5) is 13.2. The second kappa shape index (κ2) is 8.24. The van der Waals surface area contributed by atoms with Crippen molar-refractivity contribution in [1.29, 1.82) is 0 Å². The molecule has 0 aromatic heterocycles. The highest BCUT2D eigenvalue weighted by molar-refractivity contribution is 7.89. The molecule has 0 aliphatic rings. The number of hydrazone groups is 1. The summed E-state index contributed by atoms with van der Waals surface area (Å²) in [5, 5.41) is 15.2. The van der Waals surface area contributed by atoms with Crippen molar-refractivity contribution in [3.05, 3.63) is 94.0 Å². The first kappa shape index (κ1) is 20.2. The van der Waals surface area contributed by atoms with E-state index in [0.29, 0.717) is 22.4 Å². The molecule has 3 rings (SSSR count). The Balaban J connectivity index is 1.81. The molecular formula is C21H19N3O4S. The van der Waals surface area contributed by atoms with Crippen molar-refractivity contribution in [3.8, 4) is 11.1 Å². The van der Waals surface area contributed by atoms with Crippen LogP contribution in [0.2, 0.25) is 0 Å². The van der Waals surface area contributed by atoms with Crippen molar-refractivity contribution >= 4 is 21.4 Å². The summed E-state index contributed by atoms with van der Waals surface area (Å²) in [6.45, 7) is 3.55. The van der Waals surface area contributed by atoms with Gasteiger partial charge >= 0.3 is 0 Å². The Morgan fingerprint density at radius 2 is 1.59 bits per heavy atom. The Labute approximate surface area is 168 Å². The molecule has 0 spiro atoms. The standard InChI is InChI=1S/C21H19N3O4S/c1-15-7-13-19(14-8-15)29(27,28)23-22-16(2)17-9-11-18(12-10-17)20-5-3-4-6-21(20)24(25)26/h3-14,23H,1-2H3. The van der Waals surface area contributed by atoms with Gasteiger partial charge in [-0.1, -0.05) is 54.1 Å². The molecule has 3 aromatic rings. The van der Waals surface area contributed by atoms with E-state index in [2.05, 4.69) is 9.93 Å². The van der Waals surface area contributed by atoms with E-state index in [-0.39, 0.29) is 10.6 Å². The first-order chi connectivity index (χ1) is 13.8. The normalized spacial score (nSPS) is 11.9. The van der Waals surface area contributed by atoms with Gasteiger partial charge in [-0.2, -0.15) is 18.4 Å². The number of hydrogen-bond acceptors (Lipinski definition) is 5. The first-order valence-corrected chi connectivity index (χ1v) is 10.2. The minimum absolute atomic E-state index is 0.0245. The van der Waals surface area contributed by atoms with Gasteiger partial charge in [-0.3, -0.25) is 10.1 Å². The van der Waals surface area contributed by atoms with Gasteiger partial charge in [-0.25, -0.2) is 0 Å². The molecule has 1 N–H and O–H groups in total. The highest BCUT2D eigenvalue weighted by Crippen LogP contribution is 2.29. The molecule has 0 heterocycles. The number of nitro benzene ring substituents is 1. The lowest BCUT2D eigenvalue weighted by Crippen LogP contribution is -2.19. The van der Waals surface area contributed by atoms with Crippen LogP contribution in [0.1, 0.15) is 18.1 Å². The summed E-state index contributed by atoms with van der Waals surface area (Å²) in [5.74, 6) is 0. The van der Waals surface area contributed by atoms with Crippen molar-refractivity contribution in [1.82, 2.24) is 4.83 Å². The smallest absolute Gasteiger partial charge is 0.258 e. The average molecular weight is 409 g/mol. The molecule has 0 bridgehead atoms. The fourth-order valence-corrected chi connectivity index (χ4v) is 3.59. The van der Waals surface area contributed by atoms with Crippen molar-refractivity contribution < 1.29 is 13.3 Å². The van der Waals surface area contributed by atoms with Gasteiger partial charge in [0.05, 0.1) is 21.1 Å². The van der Waals surface area contributed by atoms with E-state index >= 15 is 0 Å². The van der Waals surface area contributed by atoms with Crippen LogP contribution in [0.3, 0.4) is 0 Å². The van der Waals surface area contributed by atoms with E-state index in [1.165, 1.54) is 18.2 Å². The molecule has 0 fully saturated rings. The summed E-state index contributed by atoms with van der Waals surface area (Å²) in [6, 6.07) is 19.9. The number of aryl methyl sites for hydroxylation is 1. The second-order valence-corrected chi connectivity index (χ2v) is 8.12. The number of nitrogens with zero attached hydrogens (tertiary/aromatic N) is 2. The fraction of sp³-hybridized carbons (Fsp3) is 0.0952. The number of rotatable bonds is 6. The van der Waals surface area contributed by atoms with Gasteiger partial charge in [0.1, 0.15) is 0 Å². The molecule has 0 radical (unpaired) electrons. The first-order valence-electron chi connectivity index (χ1n) is 8.75. The number of hydrogen-bond donors (Lipinski definition) is 1. The van der Waals surface area contributed by atoms with Crippen molar-refractivity contribution in [2.24, 2.45) is 5.10 Å². The van der Waals surface area contributed by atoms with Gasteiger partial charge in [-0.15, -0.1) is 0 Å². The molecule has 0 unspecified atom stereocenters. The summed E-state index contributed by atoms with van der Waals surface area (Å²) >= 11 is 0. The predicted octanol–water partition coefficient (Wildman–Crippen LogP) is 4.27. The lowest BCUT2D eigenvalue weighted by Gasteiger charge is -2.07. The third kappa shape index (κ3) is 4.67. The lowest BCUT2D eigenvalue weighted by molar-refractivity contribution is -0.384. The third-order valence-electron chi connectivity index (χ3n) is 4.38. The summed E-state index contributed by atoms with van der Waals surface area (Å²) in [6.07, 6.45) is 0. The molecule has 0 aliphatic heterocycles. The highest BCUT2D eigenvalue weighted by atomic mass is 32.2. The predicted molar refractivity (Wildman–Crippen MR) is 112 cm³/mol. The Kier molecular flexibility index (Phi) is 5.74.